The Kier molecular flexibility index (Phi) is 5.00. The van der Waals surface area contributed by atoms with Crippen LogP contribution in [0.25, 0.3) is 0 Å². The Morgan fingerprint density at radius 1 is 1.26 bits per heavy atom. The summed E-state index contributed by atoms with van der Waals surface area (Å²) in [5.74, 6) is 0.719. The molecule has 106 valence electrons. The van der Waals surface area contributed by atoms with Gasteiger partial charge in [-0.05, 0) is 42.9 Å². The molecule has 2 N–H and O–H groups in total. The molecule has 0 radical (unpaired) electrons. The number of rotatable bonds is 5. The number of nitrogens with zero attached hydrogens (tertiary/aromatic N) is 1. The van der Waals surface area contributed by atoms with Crippen LogP contribution < -0.4 is 5.73 Å². The molecule has 0 bridgehead atoms. The van der Waals surface area contributed by atoms with E-state index in [1.165, 1.54) is 17.5 Å². The zero-order valence-corrected chi connectivity index (χ0v) is 12.6. The van der Waals surface area contributed by atoms with Gasteiger partial charge in [0.05, 0.1) is 0 Å². The molecular weight excluding hydrogens is 232 g/mol. The predicted molar refractivity (Wildman–Crippen MR) is 82.2 cm³/mol. The van der Waals surface area contributed by atoms with Crippen LogP contribution in [0.1, 0.15) is 50.8 Å². The first-order valence-corrected chi connectivity index (χ1v) is 7.70. The lowest BCUT2D eigenvalue weighted by atomic mass is 9.96. The normalized spacial score (nSPS) is 24.3. The summed E-state index contributed by atoms with van der Waals surface area (Å²) in [6.07, 6.45) is 3.49. The summed E-state index contributed by atoms with van der Waals surface area (Å²) < 4.78 is 0. The molecule has 2 rings (SSSR count). The van der Waals surface area contributed by atoms with Gasteiger partial charge in [-0.1, -0.05) is 45.0 Å². The third kappa shape index (κ3) is 3.58. The maximum absolute atomic E-state index is 6.31. The Balaban J connectivity index is 2.11. The van der Waals surface area contributed by atoms with E-state index in [0.717, 1.165) is 31.8 Å². The van der Waals surface area contributed by atoms with Crippen molar-refractivity contribution in [2.75, 3.05) is 13.1 Å². The topological polar surface area (TPSA) is 29.3 Å². The SMILES string of the molecule is CCCN1CCC(N)C1c1ccc(CC(C)C)cc1. The fourth-order valence-corrected chi connectivity index (χ4v) is 3.20. The van der Waals surface area contributed by atoms with Crippen molar-refractivity contribution in [3.63, 3.8) is 0 Å². The van der Waals surface area contributed by atoms with Gasteiger partial charge in [0.25, 0.3) is 0 Å². The number of nitrogens with two attached hydrogens (primary N) is 1. The Morgan fingerprint density at radius 2 is 1.95 bits per heavy atom. The second-order valence-electron chi connectivity index (χ2n) is 6.27. The highest BCUT2D eigenvalue weighted by molar-refractivity contribution is 5.27. The minimum atomic E-state index is 0.294. The maximum Gasteiger partial charge on any atom is 0.0499 e. The summed E-state index contributed by atoms with van der Waals surface area (Å²) >= 11 is 0. The van der Waals surface area contributed by atoms with Crippen molar-refractivity contribution >= 4 is 0 Å². The molecule has 0 aliphatic carbocycles. The van der Waals surface area contributed by atoms with Gasteiger partial charge < -0.3 is 5.73 Å². The largest absolute Gasteiger partial charge is 0.326 e. The van der Waals surface area contributed by atoms with Crippen molar-refractivity contribution in [1.82, 2.24) is 4.90 Å². The zero-order chi connectivity index (χ0) is 13.8. The van der Waals surface area contributed by atoms with Crippen LogP contribution in [0.5, 0.6) is 0 Å². The standard InChI is InChI=1S/C17H28N2/c1-4-10-19-11-9-16(18)17(19)15-7-5-14(6-8-15)12-13(2)3/h5-8,13,16-17H,4,9-12,18H2,1-3H3. The second-order valence-corrected chi connectivity index (χ2v) is 6.27. The quantitative estimate of drug-likeness (QED) is 0.879. The van der Waals surface area contributed by atoms with E-state index in [9.17, 15) is 0 Å². The molecule has 2 atom stereocenters. The van der Waals surface area contributed by atoms with Crippen LogP contribution >= 0.6 is 0 Å². The van der Waals surface area contributed by atoms with Gasteiger partial charge >= 0.3 is 0 Å². The Morgan fingerprint density at radius 3 is 2.53 bits per heavy atom. The van der Waals surface area contributed by atoms with Crippen molar-refractivity contribution in [1.29, 1.82) is 0 Å². The number of likely N-dealkylation sites (tertiary alicyclic amines) is 1. The molecule has 1 aromatic rings. The molecule has 1 heterocycles. The molecule has 1 saturated heterocycles. The second kappa shape index (κ2) is 6.53. The molecule has 0 spiro atoms. The van der Waals surface area contributed by atoms with Crippen LogP contribution in [0.15, 0.2) is 24.3 Å². The minimum Gasteiger partial charge on any atom is -0.326 e. The molecule has 1 aliphatic heterocycles. The van der Waals surface area contributed by atoms with Crippen LogP contribution in [0, 0.1) is 5.92 Å². The molecule has 19 heavy (non-hydrogen) atoms. The van der Waals surface area contributed by atoms with Gasteiger partial charge in [-0.2, -0.15) is 0 Å². The fourth-order valence-electron chi connectivity index (χ4n) is 3.20. The molecular formula is C17H28N2. The van der Waals surface area contributed by atoms with Crippen LogP contribution in [-0.4, -0.2) is 24.0 Å². The number of benzene rings is 1. The van der Waals surface area contributed by atoms with E-state index in [1.807, 2.05) is 0 Å². The van der Waals surface area contributed by atoms with Crippen molar-refractivity contribution in [2.45, 2.75) is 52.1 Å². The first kappa shape index (κ1) is 14.5. The molecule has 0 aromatic heterocycles. The molecule has 0 amide bonds. The minimum absolute atomic E-state index is 0.294. The number of hydrogen-bond acceptors (Lipinski definition) is 2. The van der Waals surface area contributed by atoms with Gasteiger partial charge in [0, 0.05) is 18.6 Å². The summed E-state index contributed by atoms with van der Waals surface area (Å²) in [4.78, 5) is 2.54. The molecule has 2 nitrogen and oxygen atoms in total. The van der Waals surface area contributed by atoms with Gasteiger partial charge in [0.1, 0.15) is 0 Å². The Bertz CT molecular complexity index is 381. The van der Waals surface area contributed by atoms with Crippen LogP contribution in [0.3, 0.4) is 0 Å². The molecule has 2 heteroatoms. The fraction of sp³-hybridized carbons (Fsp3) is 0.647. The lowest BCUT2D eigenvalue weighted by molar-refractivity contribution is 0.248. The van der Waals surface area contributed by atoms with Crippen molar-refractivity contribution in [3.05, 3.63) is 35.4 Å². The van der Waals surface area contributed by atoms with Gasteiger partial charge in [-0.15, -0.1) is 0 Å². The van der Waals surface area contributed by atoms with Gasteiger partial charge in [0.15, 0.2) is 0 Å². The predicted octanol–water partition coefficient (Wildman–Crippen LogP) is 3.37. The highest BCUT2D eigenvalue weighted by Gasteiger charge is 2.31. The van der Waals surface area contributed by atoms with E-state index in [-0.39, 0.29) is 0 Å². The van der Waals surface area contributed by atoms with Gasteiger partial charge in [-0.3, -0.25) is 4.90 Å². The van der Waals surface area contributed by atoms with Gasteiger partial charge in [0.2, 0.25) is 0 Å². The van der Waals surface area contributed by atoms with Crippen LogP contribution in [0.2, 0.25) is 0 Å². The Hall–Kier alpha value is -0.860. The van der Waals surface area contributed by atoms with Crippen molar-refractivity contribution < 1.29 is 0 Å². The summed E-state index contributed by atoms with van der Waals surface area (Å²) in [5, 5.41) is 0. The highest BCUT2D eigenvalue weighted by atomic mass is 15.2. The molecule has 2 unspecified atom stereocenters. The summed E-state index contributed by atoms with van der Waals surface area (Å²) in [6, 6.07) is 9.86. The first-order valence-electron chi connectivity index (χ1n) is 7.70. The van der Waals surface area contributed by atoms with Crippen LogP contribution in [-0.2, 0) is 6.42 Å². The van der Waals surface area contributed by atoms with Gasteiger partial charge in [-0.25, -0.2) is 0 Å². The van der Waals surface area contributed by atoms with E-state index in [2.05, 4.69) is 49.9 Å². The third-order valence-electron chi connectivity index (χ3n) is 4.02. The average Bonchev–Trinajstić information content (AvgIpc) is 2.72. The third-order valence-corrected chi connectivity index (χ3v) is 4.02. The van der Waals surface area contributed by atoms with E-state index >= 15 is 0 Å². The summed E-state index contributed by atoms with van der Waals surface area (Å²) in [5.41, 5.74) is 9.14. The van der Waals surface area contributed by atoms with E-state index in [4.69, 9.17) is 5.73 Å². The molecule has 1 aromatic carbocycles. The summed E-state index contributed by atoms with van der Waals surface area (Å²) in [6.45, 7) is 9.08. The van der Waals surface area contributed by atoms with Crippen molar-refractivity contribution in [2.24, 2.45) is 11.7 Å². The lowest BCUT2D eigenvalue weighted by Gasteiger charge is -2.27. The zero-order valence-electron chi connectivity index (χ0n) is 12.6. The number of hydrogen-bond donors (Lipinski definition) is 1. The lowest BCUT2D eigenvalue weighted by Crippen LogP contribution is -2.32. The molecule has 1 fully saturated rings. The van der Waals surface area contributed by atoms with E-state index in [1.54, 1.807) is 0 Å². The van der Waals surface area contributed by atoms with E-state index < -0.39 is 0 Å². The average molecular weight is 260 g/mol. The van der Waals surface area contributed by atoms with E-state index in [0.29, 0.717) is 12.1 Å². The summed E-state index contributed by atoms with van der Waals surface area (Å²) in [7, 11) is 0. The maximum atomic E-state index is 6.31. The first-order chi connectivity index (χ1) is 9.11. The highest BCUT2D eigenvalue weighted by Crippen LogP contribution is 2.31. The molecule has 0 saturated carbocycles. The van der Waals surface area contributed by atoms with Crippen LogP contribution in [0.4, 0.5) is 0 Å². The van der Waals surface area contributed by atoms with Crippen molar-refractivity contribution in [3.8, 4) is 0 Å². The Labute approximate surface area is 118 Å². The smallest absolute Gasteiger partial charge is 0.0499 e. The molecule has 1 aliphatic rings. The monoisotopic (exact) mass is 260 g/mol.